The van der Waals surface area contributed by atoms with Gasteiger partial charge in [0.15, 0.2) is 6.10 Å². The number of urea groups is 1. The lowest BCUT2D eigenvalue weighted by Crippen LogP contribution is -2.54. The van der Waals surface area contributed by atoms with Crippen LogP contribution in [0.25, 0.3) is 6.08 Å². The molecule has 1 saturated heterocycles. The molecular formula is C30H30N2O6. The molecule has 2 N–H and O–H groups in total. The van der Waals surface area contributed by atoms with E-state index < -0.39 is 29.9 Å². The van der Waals surface area contributed by atoms with E-state index >= 15 is 0 Å². The van der Waals surface area contributed by atoms with E-state index in [1.165, 1.54) is 57.1 Å². The van der Waals surface area contributed by atoms with Gasteiger partial charge in [-0.05, 0) is 98.5 Å². The van der Waals surface area contributed by atoms with E-state index in [4.69, 9.17) is 4.74 Å². The van der Waals surface area contributed by atoms with E-state index in [0.717, 1.165) is 22.7 Å². The first-order valence-electron chi connectivity index (χ1n) is 13.2. The number of para-hydroxylation sites is 1. The predicted molar refractivity (Wildman–Crippen MR) is 139 cm³/mol. The summed E-state index contributed by atoms with van der Waals surface area (Å²) in [7, 11) is 0. The van der Waals surface area contributed by atoms with Crippen LogP contribution in [0, 0.1) is 17.8 Å². The number of hydrogen-bond donors (Lipinski definition) is 2. The number of ether oxygens (including phenoxy) is 1. The van der Waals surface area contributed by atoms with Crippen molar-refractivity contribution in [3.63, 3.8) is 0 Å². The van der Waals surface area contributed by atoms with Crippen molar-refractivity contribution in [2.45, 2.75) is 57.0 Å². The smallest absolute Gasteiger partial charge is 0.344 e. The summed E-state index contributed by atoms with van der Waals surface area (Å²) in [5.74, 6) is -0.0882. The Hall–Kier alpha value is -3.94. The molecule has 196 valence electrons. The maximum absolute atomic E-state index is 13.4. The van der Waals surface area contributed by atoms with Crippen molar-refractivity contribution in [2.75, 3.05) is 4.90 Å². The Morgan fingerprint density at radius 3 is 2.21 bits per heavy atom. The maximum Gasteiger partial charge on any atom is 0.344 e. The minimum Gasteiger partial charge on any atom is -0.479 e. The summed E-state index contributed by atoms with van der Waals surface area (Å²) in [6.45, 7) is 1.39. The van der Waals surface area contributed by atoms with Crippen LogP contribution < -0.4 is 15.0 Å². The average molecular weight is 515 g/mol. The molecule has 8 nitrogen and oxygen atoms in total. The molecule has 0 spiro atoms. The Bertz CT molecular complexity index is 1330. The third-order valence-corrected chi connectivity index (χ3v) is 8.75. The van der Waals surface area contributed by atoms with Crippen LogP contribution in [0.1, 0.15) is 56.6 Å². The molecule has 38 heavy (non-hydrogen) atoms. The molecule has 4 amide bonds. The van der Waals surface area contributed by atoms with Gasteiger partial charge in [-0.1, -0.05) is 30.3 Å². The molecule has 5 fully saturated rings. The molecule has 0 radical (unpaired) electrons. The Kier molecular flexibility index (Phi) is 5.85. The van der Waals surface area contributed by atoms with Gasteiger partial charge in [0, 0.05) is 5.56 Å². The quantitative estimate of drug-likeness (QED) is 0.428. The summed E-state index contributed by atoms with van der Waals surface area (Å²) in [5, 5.41) is 11.4. The lowest BCUT2D eigenvalue weighted by molar-refractivity contribution is -0.144. The highest BCUT2D eigenvalue weighted by Gasteiger charge is 2.51. The molecule has 2 aromatic rings. The monoisotopic (exact) mass is 514 g/mol. The van der Waals surface area contributed by atoms with Gasteiger partial charge in [0.05, 0.1) is 5.69 Å². The number of hydrogen-bond acceptors (Lipinski definition) is 5. The Morgan fingerprint density at radius 2 is 1.61 bits per heavy atom. The number of anilines is 1. The summed E-state index contributed by atoms with van der Waals surface area (Å²) in [6, 6.07) is 13.4. The van der Waals surface area contributed by atoms with Crippen LogP contribution in [0.2, 0.25) is 0 Å². The average Bonchev–Trinajstić information content (AvgIpc) is 2.87. The molecule has 2 aromatic carbocycles. The first-order valence-corrected chi connectivity index (χ1v) is 13.2. The number of nitrogens with zero attached hydrogens (tertiary/aromatic N) is 1. The number of nitrogens with one attached hydrogen (secondary N) is 1. The van der Waals surface area contributed by atoms with Crippen LogP contribution in [0.5, 0.6) is 5.75 Å². The van der Waals surface area contributed by atoms with Crippen molar-refractivity contribution in [1.82, 2.24) is 5.32 Å². The molecule has 0 aromatic heterocycles. The number of barbiturate groups is 1. The van der Waals surface area contributed by atoms with Gasteiger partial charge in [0.25, 0.3) is 11.8 Å². The van der Waals surface area contributed by atoms with Gasteiger partial charge in [0.2, 0.25) is 0 Å². The number of carbonyl (C=O) groups is 4. The van der Waals surface area contributed by atoms with Crippen LogP contribution in [0.15, 0.2) is 54.1 Å². The molecule has 8 heteroatoms. The van der Waals surface area contributed by atoms with Gasteiger partial charge >= 0.3 is 12.0 Å². The zero-order chi connectivity index (χ0) is 26.6. The minimum atomic E-state index is -1.15. The molecule has 7 rings (SSSR count). The molecular weight excluding hydrogens is 484 g/mol. The molecule has 4 bridgehead atoms. The number of carbonyl (C=O) groups excluding carboxylic acids is 3. The van der Waals surface area contributed by atoms with Crippen molar-refractivity contribution < 1.29 is 29.0 Å². The van der Waals surface area contributed by atoms with Crippen molar-refractivity contribution in [1.29, 1.82) is 0 Å². The van der Waals surface area contributed by atoms with Gasteiger partial charge in [-0.3, -0.25) is 14.9 Å². The maximum atomic E-state index is 13.4. The van der Waals surface area contributed by atoms with E-state index in [0.29, 0.717) is 11.3 Å². The van der Waals surface area contributed by atoms with Crippen LogP contribution in [0.4, 0.5) is 10.5 Å². The fourth-order valence-corrected chi connectivity index (χ4v) is 7.42. The van der Waals surface area contributed by atoms with Crippen LogP contribution in [-0.4, -0.2) is 35.0 Å². The van der Waals surface area contributed by atoms with E-state index in [1.807, 2.05) is 12.1 Å². The summed E-state index contributed by atoms with van der Waals surface area (Å²) in [6.07, 6.45) is 7.90. The number of carboxylic acid groups (broad SMARTS) is 1. The Labute approximate surface area is 220 Å². The van der Waals surface area contributed by atoms with Gasteiger partial charge in [-0.15, -0.1) is 0 Å². The predicted octanol–water partition coefficient (Wildman–Crippen LogP) is 4.67. The van der Waals surface area contributed by atoms with Crippen LogP contribution >= 0.6 is 0 Å². The normalized spacial score (nSPS) is 29.9. The molecule has 0 unspecified atom stereocenters. The van der Waals surface area contributed by atoms with Gasteiger partial charge in [-0.2, -0.15) is 0 Å². The van der Waals surface area contributed by atoms with Gasteiger partial charge in [-0.25, -0.2) is 14.5 Å². The number of aliphatic carboxylic acids is 1. The molecule has 5 aliphatic rings. The summed E-state index contributed by atoms with van der Waals surface area (Å²) >= 11 is 0. The van der Waals surface area contributed by atoms with E-state index in [9.17, 15) is 24.3 Å². The van der Waals surface area contributed by atoms with E-state index in [1.54, 1.807) is 36.4 Å². The van der Waals surface area contributed by atoms with Crippen molar-refractivity contribution in [2.24, 2.45) is 17.8 Å². The van der Waals surface area contributed by atoms with Gasteiger partial charge in [0.1, 0.15) is 11.3 Å². The number of imide groups is 2. The lowest BCUT2D eigenvalue weighted by atomic mass is 9.48. The highest BCUT2D eigenvalue weighted by Crippen LogP contribution is 2.60. The zero-order valence-corrected chi connectivity index (χ0v) is 21.2. The Balaban J connectivity index is 1.28. The SMILES string of the molecule is C[C@H](Oc1ccccc1/C=C1\C(=O)NC(=O)N(c2ccc(C34CC5CC(CC(C5)C3)C4)cc2)C1=O)C(=O)O. The molecule has 4 aliphatic carbocycles. The van der Waals surface area contributed by atoms with Crippen molar-refractivity contribution in [3.05, 3.63) is 65.2 Å². The van der Waals surface area contributed by atoms with Crippen LogP contribution in [-0.2, 0) is 19.8 Å². The second-order valence-electron chi connectivity index (χ2n) is 11.3. The highest BCUT2D eigenvalue weighted by atomic mass is 16.5. The standard InChI is InChI=1S/C30H30N2O6/c1-17(28(35)36)38-25-5-3-2-4-21(25)13-24-26(33)31-29(37)32(27(24)34)23-8-6-22(7-9-23)30-14-18-10-19(15-30)12-20(11-18)16-30/h2-9,13,17-20H,10-12,14-16H2,1H3,(H,35,36)(H,31,33,37)/b24-13+/t17-,18?,19?,20?,30?/m0/s1. The fourth-order valence-electron chi connectivity index (χ4n) is 7.42. The molecule has 1 atom stereocenters. The molecule has 4 saturated carbocycles. The third-order valence-electron chi connectivity index (χ3n) is 8.75. The van der Waals surface area contributed by atoms with E-state index in [-0.39, 0.29) is 16.7 Å². The topological polar surface area (TPSA) is 113 Å². The van der Waals surface area contributed by atoms with Gasteiger partial charge < -0.3 is 9.84 Å². The number of carboxylic acids is 1. The summed E-state index contributed by atoms with van der Waals surface area (Å²) in [5.41, 5.74) is 1.97. The molecule has 1 heterocycles. The Morgan fingerprint density at radius 1 is 1.00 bits per heavy atom. The summed E-state index contributed by atoms with van der Waals surface area (Å²) in [4.78, 5) is 51.1. The highest BCUT2D eigenvalue weighted by molar-refractivity contribution is 6.39. The van der Waals surface area contributed by atoms with Crippen molar-refractivity contribution in [3.8, 4) is 5.75 Å². The third kappa shape index (κ3) is 4.18. The largest absolute Gasteiger partial charge is 0.479 e. The van der Waals surface area contributed by atoms with Crippen molar-refractivity contribution >= 4 is 35.6 Å². The van der Waals surface area contributed by atoms with E-state index in [2.05, 4.69) is 5.32 Å². The molecule has 1 aliphatic heterocycles. The minimum absolute atomic E-state index is 0.194. The fraction of sp³-hybridized carbons (Fsp3) is 0.400. The number of benzene rings is 2. The number of rotatable bonds is 6. The summed E-state index contributed by atoms with van der Waals surface area (Å²) < 4.78 is 5.50. The number of amides is 4. The first-order chi connectivity index (χ1) is 18.2. The zero-order valence-electron chi connectivity index (χ0n) is 21.2. The van der Waals surface area contributed by atoms with Crippen LogP contribution in [0.3, 0.4) is 0 Å². The first kappa shape index (κ1) is 24.4. The lowest BCUT2D eigenvalue weighted by Gasteiger charge is -2.57. The second-order valence-corrected chi connectivity index (χ2v) is 11.3. The second kappa shape index (κ2) is 9.11.